The number of nitrogens with zero attached hydrogens (tertiary/aromatic N) is 3. The second-order valence-corrected chi connectivity index (χ2v) is 7.84. The van der Waals surface area contributed by atoms with Crippen molar-refractivity contribution in [2.75, 3.05) is 35.9 Å². The van der Waals surface area contributed by atoms with E-state index in [1.807, 2.05) is 19.1 Å². The molecular weight excluding hydrogens is 384 g/mol. The molecule has 10 heteroatoms. The van der Waals surface area contributed by atoms with Crippen molar-refractivity contribution in [1.82, 2.24) is 10.2 Å². The predicted molar refractivity (Wildman–Crippen MR) is 102 cm³/mol. The van der Waals surface area contributed by atoms with Gasteiger partial charge in [-0.05, 0) is 36.4 Å². The molecule has 1 fully saturated rings. The second-order valence-electron chi connectivity index (χ2n) is 6.22. The molecule has 9 nitrogen and oxygen atoms in total. The minimum Gasteiger partial charge on any atom is -0.438 e. The number of rotatable bonds is 6. The Morgan fingerprint density at radius 3 is 2.46 bits per heavy atom. The number of hydrogen-bond donors (Lipinski definition) is 1. The Kier molecular flexibility index (Phi) is 5.05. The normalized spacial score (nSPS) is 15.0. The van der Waals surface area contributed by atoms with Gasteiger partial charge in [0.05, 0.1) is 13.2 Å². The van der Waals surface area contributed by atoms with Gasteiger partial charge in [0.2, 0.25) is 11.0 Å². The fourth-order valence-corrected chi connectivity index (χ4v) is 3.84. The third-order valence-electron chi connectivity index (χ3n) is 4.32. The number of nitrogens with one attached hydrogen (secondary N) is 1. The molecule has 0 spiro atoms. The van der Waals surface area contributed by atoms with Crippen LogP contribution in [0.4, 0.5) is 11.4 Å². The number of anilines is 2. The highest BCUT2D eigenvalue weighted by molar-refractivity contribution is 7.92. The second kappa shape index (κ2) is 7.64. The molecule has 0 bridgehead atoms. The standard InChI is InChI=1S/C18H20N4O5S/c1-2-16-19-20-18(27-16)15-7-8-17(26-15)28(23,24)21-13-3-5-14(6-4-13)22-9-11-25-12-10-22/h3-8,21H,2,9-12H2,1H3. The lowest BCUT2D eigenvalue weighted by Crippen LogP contribution is -2.36. The van der Waals surface area contributed by atoms with Gasteiger partial charge in [-0.3, -0.25) is 4.72 Å². The molecule has 0 radical (unpaired) electrons. The molecule has 2 aromatic heterocycles. The summed E-state index contributed by atoms with van der Waals surface area (Å²) >= 11 is 0. The molecule has 0 atom stereocenters. The first-order chi connectivity index (χ1) is 13.5. The highest BCUT2D eigenvalue weighted by Gasteiger charge is 2.22. The first kappa shape index (κ1) is 18.5. The van der Waals surface area contributed by atoms with E-state index in [2.05, 4.69) is 19.8 Å². The summed E-state index contributed by atoms with van der Waals surface area (Å²) in [7, 11) is -3.88. The van der Waals surface area contributed by atoms with Crippen LogP contribution in [0.3, 0.4) is 0 Å². The van der Waals surface area contributed by atoms with E-state index in [9.17, 15) is 8.42 Å². The molecule has 148 valence electrons. The number of morpholine rings is 1. The van der Waals surface area contributed by atoms with Crippen LogP contribution in [-0.2, 0) is 21.2 Å². The number of furan rings is 1. The van der Waals surface area contributed by atoms with Gasteiger partial charge in [0.1, 0.15) is 0 Å². The summed E-state index contributed by atoms with van der Waals surface area (Å²) in [4.78, 5) is 2.19. The summed E-state index contributed by atoms with van der Waals surface area (Å²) in [5, 5.41) is 7.47. The highest BCUT2D eigenvalue weighted by atomic mass is 32.2. The van der Waals surface area contributed by atoms with Gasteiger partial charge in [0, 0.05) is 30.9 Å². The van der Waals surface area contributed by atoms with Crippen LogP contribution in [0.25, 0.3) is 11.7 Å². The largest absolute Gasteiger partial charge is 0.438 e. The first-order valence-electron chi connectivity index (χ1n) is 8.93. The molecule has 0 aliphatic carbocycles. The summed E-state index contributed by atoms with van der Waals surface area (Å²) in [6.45, 7) is 4.89. The van der Waals surface area contributed by atoms with Gasteiger partial charge in [0.15, 0.2) is 5.76 Å². The van der Waals surface area contributed by atoms with E-state index in [1.165, 1.54) is 12.1 Å². The maximum atomic E-state index is 12.6. The van der Waals surface area contributed by atoms with E-state index in [0.717, 1.165) is 18.8 Å². The Labute approximate surface area is 162 Å². The van der Waals surface area contributed by atoms with Crippen molar-refractivity contribution in [3.8, 4) is 11.7 Å². The molecule has 28 heavy (non-hydrogen) atoms. The van der Waals surface area contributed by atoms with E-state index >= 15 is 0 Å². The lowest BCUT2D eigenvalue weighted by molar-refractivity contribution is 0.122. The Morgan fingerprint density at radius 2 is 1.79 bits per heavy atom. The molecule has 1 aliphatic heterocycles. The molecule has 4 rings (SSSR count). The Hall–Kier alpha value is -2.85. The molecule has 0 amide bonds. The van der Waals surface area contributed by atoms with E-state index in [0.29, 0.717) is 31.2 Å². The average Bonchev–Trinajstić information content (AvgIpc) is 3.39. The van der Waals surface area contributed by atoms with E-state index in [4.69, 9.17) is 13.6 Å². The maximum Gasteiger partial charge on any atom is 0.295 e. The lowest BCUT2D eigenvalue weighted by Gasteiger charge is -2.28. The fraction of sp³-hybridized carbons (Fsp3) is 0.333. The van der Waals surface area contributed by atoms with Crippen LogP contribution < -0.4 is 9.62 Å². The number of hydrogen-bond acceptors (Lipinski definition) is 8. The Balaban J connectivity index is 1.48. The number of aryl methyl sites for hydroxylation is 1. The zero-order valence-electron chi connectivity index (χ0n) is 15.3. The van der Waals surface area contributed by atoms with Gasteiger partial charge in [-0.2, -0.15) is 8.42 Å². The molecule has 3 aromatic rings. The summed E-state index contributed by atoms with van der Waals surface area (Å²) in [6.07, 6.45) is 0.584. The van der Waals surface area contributed by atoms with Crippen molar-refractivity contribution in [3.63, 3.8) is 0 Å². The molecular formula is C18H20N4O5S. The van der Waals surface area contributed by atoms with Crippen LogP contribution in [-0.4, -0.2) is 44.9 Å². The van der Waals surface area contributed by atoms with Crippen molar-refractivity contribution >= 4 is 21.4 Å². The van der Waals surface area contributed by atoms with Crippen LogP contribution in [0.5, 0.6) is 0 Å². The van der Waals surface area contributed by atoms with Crippen molar-refractivity contribution in [1.29, 1.82) is 0 Å². The van der Waals surface area contributed by atoms with Crippen LogP contribution in [0, 0.1) is 0 Å². The third kappa shape index (κ3) is 3.87. The first-order valence-corrected chi connectivity index (χ1v) is 10.4. The van der Waals surface area contributed by atoms with Crippen LogP contribution >= 0.6 is 0 Å². The quantitative estimate of drug-likeness (QED) is 0.667. The van der Waals surface area contributed by atoms with Crippen LogP contribution in [0.2, 0.25) is 0 Å². The number of sulfonamides is 1. The van der Waals surface area contributed by atoms with E-state index in [1.54, 1.807) is 12.1 Å². The molecule has 0 unspecified atom stereocenters. The van der Waals surface area contributed by atoms with Gasteiger partial charge in [-0.25, -0.2) is 0 Å². The van der Waals surface area contributed by atoms with Crippen molar-refractivity contribution in [2.24, 2.45) is 0 Å². The van der Waals surface area contributed by atoms with E-state index in [-0.39, 0.29) is 16.7 Å². The Morgan fingerprint density at radius 1 is 1.04 bits per heavy atom. The molecule has 3 heterocycles. The molecule has 1 aromatic carbocycles. The maximum absolute atomic E-state index is 12.6. The minimum atomic E-state index is -3.88. The zero-order chi connectivity index (χ0) is 19.6. The lowest BCUT2D eigenvalue weighted by atomic mass is 10.2. The van der Waals surface area contributed by atoms with Crippen molar-refractivity contribution < 1.29 is 22.0 Å². The molecule has 1 N–H and O–H groups in total. The summed E-state index contributed by atoms with van der Waals surface area (Å²) < 4.78 is 43.9. The summed E-state index contributed by atoms with van der Waals surface area (Å²) in [5.41, 5.74) is 1.47. The van der Waals surface area contributed by atoms with Gasteiger partial charge >= 0.3 is 0 Å². The SMILES string of the molecule is CCc1nnc(-c2ccc(S(=O)(=O)Nc3ccc(N4CCOCC4)cc3)o2)o1. The van der Waals surface area contributed by atoms with Crippen molar-refractivity contribution in [3.05, 3.63) is 42.3 Å². The number of ether oxygens (including phenoxy) is 1. The van der Waals surface area contributed by atoms with Gasteiger partial charge in [-0.15, -0.1) is 10.2 Å². The number of aromatic nitrogens is 2. The highest BCUT2D eigenvalue weighted by Crippen LogP contribution is 2.26. The van der Waals surface area contributed by atoms with Crippen LogP contribution in [0.15, 0.2) is 50.3 Å². The van der Waals surface area contributed by atoms with E-state index < -0.39 is 10.0 Å². The smallest absolute Gasteiger partial charge is 0.295 e. The zero-order valence-corrected chi connectivity index (χ0v) is 16.1. The average molecular weight is 404 g/mol. The van der Waals surface area contributed by atoms with Crippen LogP contribution in [0.1, 0.15) is 12.8 Å². The van der Waals surface area contributed by atoms with Gasteiger partial charge in [-0.1, -0.05) is 6.92 Å². The van der Waals surface area contributed by atoms with Gasteiger partial charge in [0.25, 0.3) is 15.9 Å². The summed E-state index contributed by atoms with van der Waals surface area (Å²) in [5.74, 6) is 0.803. The topological polar surface area (TPSA) is 111 Å². The summed E-state index contributed by atoms with van der Waals surface area (Å²) in [6, 6.07) is 10.0. The predicted octanol–water partition coefficient (Wildman–Crippen LogP) is 2.53. The molecule has 0 saturated carbocycles. The van der Waals surface area contributed by atoms with Gasteiger partial charge < -0.3 is 18.5 Å². The fourth-order valence-electron chi connectivity index (χ4n) is 2.84. The number of benzene rings is 1. The molecule has 1 aliphatic rings. The monoisotopic (exact) mass is 404 g/mol. The minimum absolute atomic E-state index is 0.146. The Bertz CT molecular complexity index is 1040. The van der Waals surface area contributed by atoms with Crippen molar-refractivity contribution in [2.45, 2.75) is 18.4 Å². The molecule has 1 saturated heterocycles. The third-order valence-corrected chi connectivity index (χ3v) is 5.58.